The molecule has 1 heterocycles. The van der Waals surface area contributed by atoms with Crippen molar-refractivity contribution in [2.45, 2.75) is 38.5 Å². The van der Waals surface area contributed by atoms with Crippen LogP contribution in [0.2, 0.25) is 0 Å². The molecule has 142 valence electrons. The number of rotatable bonds is 4. The van der Waals surface area contributed by atoms with Crippen LogP contribution in [0.15, 0.2) is 48.5 Å². The first-order valence-electron chi connectivity index (χ1n) is 10.1. The number of nitrogens with two attached hydrogens (primary N) is 1. The van der Waals surface area contributed by atoms with Crippen molar-refractivity contribution < 1.29 is 4.79 Å². The van der Waals surface area contributed by atoms with Crippen molar-refractivity contribution in [2.75, 3.05) is 19.6 Å². The first-order chi connectivity index (χ1) is 13.0. The van der Waals surface area contributed by atoms with Gasteiger partial charge in [0, 0.05) is 18.7 Å². The highest BCUT2D eigenvalue weighted by atomic mass is 16.1. The second kappa shape index (κ2) is 7.12. The Hall–Kier alpha value is -2.13. The molecule has 0 saturated carbocycles. The van der Waals surface area contributed by atoms with Gasteiger partial charge in [0.25, 0.3) is 0 Å². The van der Waals surface area contributed by atoms with Crippen LogP contribution in [0.25, 0.3) is 0 Å². The van der Waals surface area contributed by atoms with Gasteiger partial charge in [0.1, 0.15) is 0 Å². The molecule has 3 nitrogen and oxygen atoms in total. The molecule has 27 heavy (non-hydrogen) atoms. The van der Waals surface area contributed by atoms with Crippen molar-refractivity contribution in [3.05, 3.63) is 70.8 Å². The van der Waals surface area contributed by atoms with Gasteiger partial charge in [0.2, 0.25) is 5.91 Å². The van der Waals surface area contributed by atoms with Gasteiger partial charge in [-0.1, -0.05) is 50.2 Å². The summed E-state index contributed by atoms with van der Waals surface area (Å²) in [6.45, 7) is 8.13. The second-order valence-electron chi connectivity index (χ2n) is 8.82. The van der Waals surface area contributed by atoms with E-state index in [4.69, 9.17) is 5.73 Å². The molecule has 0 spiro atoms. The van der Waals surface area contributed by atoms with Crippen molar-refractivity contribution in [3.63, 3.8) is 0 Å². The lowest BCUT2D eigenvalue weighted by Gasteiger charge is -2.45. The molecule has 2 aliphatic rings. The van der Waals surface area contributed by atoms with Crippen LogP contribution in [0.3, 0.4) is 0 Å². The molecule has 2 aromatic carbocycles. The third-order valence-corrected chi connectivity index (χ3v) is 7.03. The quantitative estimate of drug-likeness (QED) is 0.899. The Bertz CT molecular complexity index is 821. The van der Waals surface area contributed by atoms with Crippen LogP contribution in [0.5, 0.6) is 0 Å². The number of amides is 1. The maximum atomic E-state index is 11.6. The average Bonchev–Trinajstić information content (AvgIpc) is 3.07. The van der Waals surface area contributed by atoms with Gasteiger partial charge < -0.3 is 10.6 Å². The zero-order valence-corrected chi connectivity index (χ0v) is 16.4. The standard InChI is InChI=1S/C24H30N2O/c1-17-15-26(16-18-12-19-6-3-4-7-20(19)13-18)11-10-24(17,2)22-9-5-8-21(14-22)23(25)27/h3-9,14,17-18H,10-13,15-16H2,1-2H3,(H2,25,27)/t17-,24-/m0/s1. The van der Waals surface area contributed by atoms with Crippen LogP contribution in [-0.4, -0.2) is 30.4 Å². The maximum absolute atomic E-state index is 11.6. The predicted molar refractivity (Wildman–Crippen MR) is 110 cm³/mol. The van der Waals surface area contributed by atoms with Crippen molar-refractivity contribution in [3.8, 4) is 0 Å². The molecule has 0 unspecified atom stereocenters. The number of hydrogen-bond donors (Lipinski definition) is 1. The summed E-state index contributed by atoms with van der Waals surface area (Å²) < 4.78 is 0. The molecule has 0 bridgehead atoms. The first-order valence-corrected chi connectivity index (χ1v) is 10.1. The van der Waals surface area contributed by atoms with Crippen LogP contribution in [-0.2, 0) is 18.3 Å². The molecule has 2 atom stereocenters. The van der Waals surface area contributed by atoms with E-state index in [2.05, 4.69) is 49.1 Å². The van der Waals surface area contributed by atoms with E-state index in [-0.39, 0.29) is 11.3 Å². The van der Waals surface area contributed by atoms with Crippen LogP contribution in [0, 0.1) is 11.8 Å². The van der Waals surface area contributed by atoms with E-state index >= 15 is 0 Å². The van der Waals surface area contributed by atoms with Gasteiger partial charge in [-0.3, -0.25) is 4.79 Å². The van der Waals surface area contributed by atoms with Gasteiger partial charge in [-0.2, -0.15) is 0 Å². The molecule has 3 heteroatoms. The topological polar surface area (TPSA) is 46.3 Å². The molecule has 1 aliphatic carbocycles. The molecular formula is C24H30N2O. The highest BCUT2D eigenvalue weighted by molar-refractivity contribution is 5.92. The second-order valence-corrected chi connectivity index (χ2v) is 8.82. The lowest BCUT2D eigenvalue weighted by molar-refractivity contribution is 0.0970. The van der Waals surface area contributed by atoms with E-state index in [0.717, 1.165) is 25.4 Å². The van der Waals surface area contributed by atoms with Crippen LogP contribution in [0.4, 0.5) is 0 Å². The number of hydrogen-bond acceptors (Lipinski definition) is 2. The number of nitrogens with zero attached hydrogens (tertiary/aromatic N) is 1. The fourth-order valence-electron chi connectivity index (χ4n) is 5.08. The summed E-state index contributed by atoms with van der Waals surface area (Å²) in [5.74, 6) is 0.946. The van der Waals surface area contributed by atoms with Crippen molar-refractivity contribution in [1.29, 1.82) is 0 Å². The SMILES string of the molecule is C[C@H]1CN(CC2Cc3ccccc3C2)CC[C@]1(C)c1cccc(C(N)=O)c1. The highest BCUT2D eigenvalue weighted by Crippen LogP contribution is 2.40. The van der Waals surface area contributed by atoms with Gasteiger partial charge in [0.15, 0.2) is 0 Å². The van der Waals surface area contributed by atoms with Gasteiger partial charge in [-0.05, 0) is 71.9 Å². The Morgan fingerprint density at radius 2 is 1.85 bits per heavy atom. The minimum Gasteiger partial charge on any atom is -0.366 e. The number of likely N-dealkylation sites (tertiary alicyclic amines) is 1. The van der Waals surface area contributed by atoms with Crippen molar-refractivity contribution >= 4 is 5.91 Å². The minimum absolute atomic E-state index is 0.0978. The Kier molecular flexibility index (Phi) is 4.81. The number of fused-ring (bicyclic) bond motifs is 1. The van der Waals surface area contributed by atoms with Gasteiger partial charge in [-0.25, -0.2) is 0 Å². The molecule has 1 saturated heterocycles. The molecule has 0 radical (unpaired) electrons. The van der Waals surface area contributed by atoms with Crippen molar-refractivity contribution in [1.82, 2.24) is 4.90 Å². The number of carbonyl (C=O) groups is 1. The molecule has 0 aromatic heterocycles. The van der Waals surface area contributed by atoms with E-state index < -0.39 is 0 Å². The van der Waals surface area contributed by atoms with E-state index in [9.17, 15) is 4.79 Å². The normalized spacial score (nSPS) is 26.1. The van der Waals surface area contributed by atoms with E-state index in [0.29, 0.717) is 11.5 Å². The summed E-state index contributed by atoms with van der Waals surface area (Å²) in [6, 6.07) is 16.8. The van der Waals surface area contributed by atoms with E-state index in [1.54, 1.807) is 11.1 Å². The van der Waals surface area contributed by atoms with E-state index in [1.807, 2.05) is 18.2 Å². The predicted octanol–water partition coefficient (Wildman–Crippen LogP) is 3.80. The Morgan fingerprint density at radius 3 is 2.48 bits per heavy atom. The summed E-state index contributed by atoms with van der Waals surface area (Å²) in [5, 5.41) is 0. The Balaban J connectivity index is 1.42. The fourth-order valence-corrected chi connectivity index (χ4v) is 5.08. The number of carbonyl (C=O) groups excluding carboxylic acids is 1. The average molecular weight is 363 g/mol. The van der Waals surface area contributed by atoms with Crippen molar-refractivity contribution in [2.24, 2.45) is 17.6 Å². The fraction of sp³-hybridized carbons (Fsp3) is 0.458. The Morgan fingerprint density at radius 1 is 1.15 bits per heavy atom. The number of benzene rings is 2. The summed E-state index contributed by atoms with van der Waals surface area (Å²) in [7, 11) is 0. The molecule has 1 fully saturated rings. The minimum atomic E-state index is -0.341. The lowest BCUT2D eigenvalue weighted by Crippen LogP contribution is -2.48. The number of primary amides is 1. The van der Waals surface area contributed by atoms with Crippen LogP contribution < -0.4 is 5.73 Å². The zero-order valence-electron chi connectivity index (χ0n) is 16.4. The molecule has 4 rings (SSSR count). The summed E-state index contributed by atoms with van der Waals surface area (Å²) in [5.41, 5.74) is 10.5. The third kappa shape index (κ3) is 3.53. The maximum Gasteiger partial charge on any atom is 0.248 e. The third-order valence-electron chi connectivity index (χ3n) is 7.03. The monoisotopic (exact) mass is 362 g/mol. The first kappa shape index (κ1) is 18.2. The zero-order chi connectivity index (χ0) is 19.0. The number of piperidine rings is 1. The molecule has 2 aromatic rings. The summed E-state index contributed by atoms with van der Waals surface area (Å²) >= 11 is 0. The van der Waals surface area contributed by atoms with E-state index in [1.165, 1.54) is 24.9 Å². The molecule has 2 N–H and O–H groups in total. The Labute approximate surface area is 162 Å². The highest BCUT2D eigenvalue weighted by Gasteiger charge is 2.39. The summed E-state index contributed by atoms with van der Waals surface area (Å²) in [6.07, 6.45) is 3.56. The van der Waals surface area contributed by atoms with Crippen LogP contribution >= 0.6 is 0 Å². The van der Waals surface area contributed by atoms with Crippen LogP contribution in [0.1, 0.15) is 47.3 Å². The van der Waals surface area contributed by atoms with Gasteiger partial charge in [0.05, 0.1) is 0 Å². The molecule has 1 aliphatic heterocycles. The largest absolute Gasteiger partial charge is 0.366 e. The smallest absolute Gasteiger partial charge is 0.248 e. The lowest BCUT2D eigenvalue weighted by atomic mass is 9.67. The molecular weight excluding hydrogens is 332 g/mol. The van der Waals surface area contributed by atoms with Gasteiger partial charge >= 0.3 is 0 Å². The molecule has 1 amide bonds. The summed E-state index contributed by atoms with van der Waals surface area (Å²) in [4.78, 5) is 14.2. The van der Waals surface area contributed by atoms with Gasteiger partial charge in [-0.15, -0.1) is 0 Å².